The summed E-state index contributed by atoms with van der Waals surface area (Å²) in [6, 6.07) is 5.95. The van der Waals surface area contributed by atoms with E-state index in [2.05, 4.69) is 0 Å². The van der Waals surface area contributed by atoms with Crippen LogP contribution in [-0.2, 0) is 11.3 Å². The highest BCUT2D eigenvalue weighted by atomic mass is 32.1. The molecule has 1 heterocycles. The van der Waals surface area contributed by atoms with Crippen LogP contribution in [0.15, 0.2) is 18.2 Å². The van der Waals surface area contributed by atoms with E-state index in [4.69, 9.17) is 21.7 Å². The molecule has 0 saturated heterocycles. The molecular weight excluding hydrogens is 172 g/mol. The third-order valence-corrected chi connectivity index (χ3v) is 1.96. The summed E-state index contributed by atoms with van der Waals surface area (Å²) >= 11 is 4.77. The molecule has 62 valence electrons. The molecule has 0 aliphatic carbocycles. The van der Waals surface area contributed by atoms with Gasteiger partial charge in [0.2, 0.25) is 0 Å². The van der Waals surface area contributed by atoms with Crippen molar-refractivity contribution in [3.63, 3.8) is 0 Å². The van der Waals surface area contributed by atoms with E-state index >= 15 is 0 Å². The van der Waals surface area contributed by atoms with Gasteiger partial charge in [-0.3, -0.25) is 0 Å². The number of hydrogen-bond donors (Lipinski definition) is 0. The maximum Gasteiger partial charge on any atom is 0.358 e. The van der Waals surface area contributed by atoms with E-state index in [0.29, 0.717) is 6.61 Å². The van der Waals surface area contributed by atoms with E-state index in [0.717, 1.165) is 11.3 Å². The lowest BCUT2D eigenvalue weighted by Gasteiger charge is -2.18. The average molecular weight is 180 g/mol. The van der Waals surface area contributed by atoms with Crippen molar-refractivity contribution in [1.29, 1.82) is 0 Å². The van der Waals surface area contributed by atoms with Crippen LogP contribution < -0.4 is 4.74 Å². The Labute approximate surface area is 76.1 Å². The van der Waals surface area contributed by atoms with Crippen LogP contribution in [-0.4, -0.2) is 5.24 Å². The minimum Gasteiger partial charge on any atom is -0.452 e. The molecule has 0 fully saturated rings. The van der Waals surface area contributed by atoms with Crippen LogP contribution in [0.1, 0.15) is 11.1 Å². The SMILES string of the molecule is Cc1ccc2c(c1)COC(=S)O2. The summed E-state index contributed by atoms with van der Waals surface area (Å²) in [5.74, 6) is 0.817. The van der Waals surface area contributed by atoms with Crippen molar-refractivity contribution in [1.82, 2.24) is 0 Å². The van der Waals surface area contributed by atoms with E-state index in [1.807, 2.05) is 25.1 Å². The van der Waals surface area contributed by atoms with Gasteiger partial charge in [0, 0.05) is 17.8 Å². The quantitative estimate of drug-likeness (QED) is 0.570. The fourth-order valence-corrected chi connectivity index (χ4v) is 1.33. The van der Waals surface area contributed by atoms with Gasteiger partial charge >= 0.3 is 5.24 Å². The number of hydrogen-bond acceptors (Lipinski definition) is 3. The summed E-state index contributed by atoms with van der Waals surface area (Å²) in [7, 11) is 0. The molecule has 0 saturated carbocycles. The first-order chi connectivity index (χ1) is 5.75. The summed E-state index contributed by atoms with van der Waals surface area (Å²) in [5, 5.41) is 0.214. The molecule has 1 aromatic carbocycles. The summed E-state index contributed by atoms with van der Waals surface area (Å²) in [6.07, 6.45) is 0. The molecule has 0 spiro atoms. The van der Waals surface area contributed by atoms with Crippen LogP contribution in [0.2, 0.25) is 0 Å². The Morgan fingerprint density at radius 2 is 2.25 bits per heavy atom. The molecule has 0 atom stereocenters. The maximum atomic E-state index is 5.20. The Bertz CT molecular complexity index is 333. The Hall–Kier alpha value is -1.09. The molecule has 2 rings (SSSR count). The normalized spacial score (nSPS) is 14.6. The second kappa shape index (κ2) is 2.75. The summed E-state index contributed by atoms with van der Waals surface area (Å²) < 4.78 is 10.3. The zero-order chi connectivity index (χ0) is 8.55. The van der Waals surface area contributed by atoms with Gasteiger partial charge in [-0.25, -0.2) is 0 Å². The van der Waals surface area contributed by atoms with E-state index < -0.39 is 0 Å². The number of thiocarbonyl (C=S) groups is 1. The zero-order valence-electron chi connectivity index (χ0n) is 6.66. The molecule has 1 aliphatic heterocycles. The van der Waals surface area contributed by atoms with Crippen LogP contribution in [0, 0.1) is 6.92 Å². The fraction of sp³-hybridized carbons (Fsp3) is 0.222. The van der Waals surface area contributed by atoms with Crippen molar-refractivity contribution in [2.24, 2.45) is 0 Å². The first-order valence-electron chi connectivity index (χ1n) is 3.70. The van der Waals surface area contributed by atoms with Gasteiger partial charge in [-0.1, -0.05) is 11.6 Å². The predicted molar refractivity (Wildman–Crippen MR) is 49.2 cm³/mol. The Balaban J connectivity index is 2.43. The van der Waals surface area contributed by atoms with Crippen LogP contribution in [0.25, 0.3) is 0 Å². The van der Waals surface area contributed by atoms with Crippen molar-refractivity contribution in [3.8, 4) is 5.75 Å². The van der Waals surface area contributed by atoms with Crippen LogP contribution in [0.3, 0.4) is 0 Å². The first-order valence-corrected chi connectivity index (χ1v) is 4.11. The molecule has 3 heteroatoms. The highest BCUT2D eigenvalue weighted by Crippen LogP contribution is 2.24. The Morgan fingerprint density at radius 3 is 3.08 bits per heavy atom. The zero-order valence-corrected chi connectivity index (χ0v) is 7.48. The Kier molecular flexibility index (Phi) is 1.73. The molecule has 0 bridgehead atoms. The van der Waals surface area contributed by atoms with E-state index in [-0.39, 0.29) is 5.24 Å². The smallest absolute Gasteiger partial charge is 0.358 e. The third-order valence-electron chi connectivity index (χ3n) is 1.75. The summed E-state index contributed by atoms with van der Waals surface area (Å²) in [4.78, 5) is 0. The second-order valence-corrected chi connectivity index (χ2v) is 3.09. The number of ether oxygens (including phenoxy) is 2. The molecule has 1 aromatic rings. The molecule has 0 aromatic heterocycles. The number of fused-ring (bicyclic) bond motifs is 1. The topological polar surface area (TPSA) is 18.5 Å². The van der Waals surface area contributed by atoms with Gasteiger partial charge in [0.05, 0.1) is 0 Å². The van der Waals surface area contributed by atoms with Crippen molar-refractivity contribution in [2.45, 2.75) is 13.5 Å². The van der Waals surface area contributed by atoms with E-state index in [1.54, 1.807) is 0 Å². The standard InChI is InChI=1S/C9H8O2S/c1-6-2-3-8-7(4-6)5-10-9(12)11-8/h2-4H,5H2,1H3. The van der Waals surface area contributed by atoms with E-state index in [9.17, 15) is 0 Å². The highest BCUT2D eigenvalue weighted by Gasteiger charge is 2.14. The molecular formula is C9H8O2S. The fourth-order valence-electron chi connectivity index (χ4n) is 1.18. The van der Waals surface area contributed by atoms with Crippen LogP contribution >= 0.6 is 12.2 Å². The van der Waals surface area contributed by atoms with Crippen LogP contribution in [0.5, 0.6) is 5.75 Å². The molecule has 0 radical (unpaired) electrons. The summed E-state index contributed by atoms with van der Waals surface area (Å²) in [6.45, 7) is 2.56. The lowest BCUT2D eigenvalue weighted by molar-refractivity contribution is 0.210. The van der Waals surface area contributed by atoms with Gasteiger partial charge in [0.25, 0.3) is 0 Å². The number of rotatable bonds is 0. The Morgan fingerprint density at radius 1 is 1.42 bits per heavy atom. The minimum atomic E-state index is 0.214. The predicted octanol–water partition coefficient (Wildman–Crippen LogP) is 2.19. The van der Waals surface area contributed by atoms with Crippen molar-refractivity contribution < 1.29 is 9.47 Å². The van der Waals surface area contributed by atoms with Gasteiger partial charge in [-0.2, -0.15) is 0 Å². The van der Waals surface area contributed by atoms with Crippen molar-refractivity contribution >= 4 is 17.5 Å². The van der Waals surface area contributed by atoms with Gasteiger partial charge in [-0.15, -0.1) is 0 Å². The molecule has 0 unspecified atom stereocenters. The lowest BCUT2D eigenvalue weighted by Crippen LogP contribution is -2.16. The van der Waals surface area contributed by atoms with Gasteiger partial charge in [-0.05, 0) is 19.1 Å². The molecule has 1 aliphatic rings. The van der Waals surface area contributed by atoms with Crippen LogP contribution in [0.4, 0.5) is 0 Å². The minimum absolute atomic E-state index is 0.214. The molecule has 2 nitrogen and oxygen atoms in total. The van der Waals surface area contributed by atoms with Gasteiger partial charge in [0.15, 0.2) is 0 Å². The van der Waals surface area contributed by atoms with Gasteiger partial charge in [0.1, 0.15) is 12.4 Å². The van der Waals surface area contributed by atoms with Crippen molar-refractivity contribution in [2.75, 3.05) is 0 Å². The molecule has 12 heavy (non-hydrogen) atoms. The first kappa shape index (κ1) is 7.55. The highest BCUT2D eigenvalue weighted by molar-refractivity contribution is 7.79. The van der Waals surface area contributed by atoms with Crippen molar-refractivity contribution in [3.05, 3.63) is 29.3 Å². The molecule has 0 amide bonds. The summed E-state index contributed by atoms with van der Waals surface area (Å²) in [5.41, 5.74) is 2.26. The maximum absolute atomic E-state index is 5.20. The van der Waals surface area contributed by atoms with E-state index in [1.165, 1.54) is 5.56 Å². The second-order valence-electron chi connectivity index (χ2n) is 2.75. The number of benzene rings is 1. The average Bonchev–Trinajstić information content (AvgIpc) is 2.05. The third kappa shape index (κ3) is 1.28. The largest absolute Gasteiger partial charge is 0.452 e. The number of aryl methyl sites for hydroxylation is 1. The molecule has 0 N–H and O–H groups in total. The lowest BCUT2D eigenvalue weighted by atomic mass is 10.1. The van der Waals surface area contributed by atoms with Gasteiger partial charge < -0.3 is 9.47 Å². The monoisotopic (exact) mass is 180 g/mol.